The highest BCUT2D eigenvalue weighted by Crippen LogP contribution is 2.18. The fourth-order valence-electron chi connectivity index (χ4n) is 2.53. The van der Waals surface area contributed by atoms with Gasteiger partial charge >= 0.3 is 0 Å². The Labute approximate surface area is 181 Å². The molecule has 0 saturated heterocycles. The third-order valence-electron chi connectivity index (χ3n) is 4.08. The number of ketones is 2. The van der Waals surface area contributed by atoms with Gasteiger partial charge in [0.25, 0.3) is 11.4 Å². The Balaban J connectivity index is 1.60. The molecule has 0 aliphatic carbocycles. The topological polar surface area (TPSA) is 120 Å². The average Bonchev–Trinajstić information content (AvgIpc) is 2.75. The highest BCUT2D eigenvalue weighted by Gasteiger charge is 2.12. The monoisotopic (exact) mass is 448 g/mol. The van der Waals surface area contributed by atoms with Crippen molar-refractivity contribution in [3.05, 3.63) is 79.9 Å². The molecule has 0 atom stereocenters. The van der Waals surface area contributed by atoms with Gasteiger partial charge in [0, 0.05) is 71.2 Å². The van der Waals surface area contributed by atoms with Crippen LogP contribution in [0.4, 0.5) is 11.4 Å². The van der Waals surface area contributed by atoms with Crippen LogP contribution in [0.2, 0.25) is 0 Å². The van der Waals surface area contributed by atoms with Gasteiger partial charge in [-0.1, -0.05) is 24.3 Å². The van der Waals surface area contributed by atoms with E-state index < -0.39 is 9.85 Å². The summed E-state index contributed by atoms with van der Waals surface area (Å²) in [5.41, 5.74) is 0.506. The molecule has 158 valence electrons. The van der Waals surface area contributed by atoms with E-state index in [0.717, 1.165) is 11.5 Å². The van der Waals surface area contributed by atoms with Gasteiger partial charge in [-0.25, -0.2) is 0 Å². The summed E-state index contributed by atoms with van der Waals surface area (Å²) in [5, 5.41) is 21.5. The van der Waals surface area contributed by atoms with E-state index in [1.54, 1.807) is 35.7 Å². The molecule has 0 aliphatic heterocycles. The van der Waals surface area contributed by atoms with Gasteiger partial charge in [-0.3, -0.25) is 29.8 Å². The lowest BCUT2D eigenvalue weighted by Gasteiger charge is -2.03. The quantitative estimate of drug-likeness (QED) is 0.185. The minimum absolute atomic E-state index is 0.0930. The number of carbonyl (C=O) groups excluding carboxylic acids is 2. The van der Waals surface area contributed by atoms with Gasteiger partial charge in [-0.05, 0) is 0 Å². The first-order valence-electron chi connectivity index (χ1n) is 9.09. The molecular formula is C20H20N2O6S2. The summed E-state index contributed by atoms with van der Waals surface area (Å²) >= 11 is 3.22. The first-order valence-corrected chi connectivity index (χ1v) is 11.4. The molecule has 0 bridgehead atoms. The summed E-state index contributed by atoms with van der Waals surface area (Å²) in [4.78, 5) is 44.7. The van der Waals surface area contributed by atoms with E-state index >= 15 is 0 Å². The predicted octanol–water partition coefficient (Wildman–Crippen LogP) is 4.82. The van der Waals surface area contributed by atoms with Crippen LogP contribution in [0.25, 0.3) is 0 Å². The summed E-state index contributed by atoms with van der Waals surface area (Å²) in [6, 6.07) is 11.5. The summed E-state index contributed by atoms with van der Waals surface area (Å²) < 4.78 is 0. The molecule has 0 radical (unpaired) electrons. The van der Waals surface area contributed by atoms with Crippen LogP contribution in [0.5, 0.6) is 0 Å². The lowest BCUT2D eigenvalue weighted by Crippen LogP contribution is -2.03. The number of benzene rings is 2. The number of Topliss-reactive ketones (excluding diaryl/α,β-unsaturated/α-hetero) is 2. The zero-order chi connectivity index (χ0) is 21.9. The molecule has 0 aromatic heterocycles. The van der Waals surface area contributed by atoms with E-state index in [0.29, 0.717) is 35.5 Å². The Hall–Kier alpha value is -2.72. The molecule has 0 saturated carbocycles. The van der Waals surface area contributed by atoms with E-state index in [1.165, 1.54) is 36.4 Å². The van der Waals surface area contributed by atoms with Gasteiger partial charge in [0.05, 0.1) is 9.85 Å². The van der Waals surface area contributed by atoms with Crippen LogP contribution in [-0.2, 0) is 0 Å². The van der Waals surface area contributed by atoms with Crippen molar-refractivity contribution in [1.82, 2.24) is 0 Å². The van der Waals surface area contributed by atoms with Crippen LogP contribution in [0.15, 0.2) is 48.5 Å². The molecule has 0 unspecified atom stereocenters. The number of thioether (sulfide) groups is 2. The predicted molar refractivity (Wildman–Crippen MR) is 119 cm³/mol. The number of hydrogen-bond donors (Lipinski definition) is 0. The number of nitro benzene ring substituents is 2. The Morgan fingerprint density at radius 2 is 1.10 bits per heavy atom. The maximum Gasteiger partial charge on any atom is 0.270 e. The van der Waals surface area contributed by atoms with Crippen LogP contribution in [0.3, 0.4) is 0 Å². The van der Waals surface area contributed by atoms with E-state index in [-0.39, 0.29) is 22.9 Å². The number of hydrogen-bond acceptors (Lipinski definition) is 8. The van der Waals surface area contributed by atoms with Crippen molar-refractivity contribution < 1.29 is 19.4 Å². The van der Waals surface area contributed by atoms with Crippen LogP contribution in [0, 0.1) is 20.2 Å². The molecule has 2 rings (SSSR count). The maximum absolute atomic E-state index is 12.1. The zero-order valence-corrected chi connectivity index (χ0v) is 17.7. The molecular weight excluding hydrogens is 428 g/mol. The first kappa shape index (κ1) is 23.6. The molecule has 0 amide bonds. The largest absolute Gasteiger partial charge is 0.294 e. The highest BCUT2D eigenvalue weighted by atomic mass is 32.2. The van der Waals surface area contributed by atoms with Crippen LogP contribution in [0.1, 0.15) is 33.6 Å². The fourth-order valence-corrected chi connectivity index (χ4v) is 4.54. The van der Waals surface area contributed by atoms with E-state index in [1.807, 2.05) is 0 Å². The van der Waals surface area contributed by atoms with Crippen molar-refractivity contribution in [1.29, 1.82) is 0 Å². The second kappa shape index (κ2) is 12.1. The fraction of sp³-hybridized carbons (Fsp3) is 0.300. The van der Waals surface area contributed by atoms with E-state index in [4.69, 9.17) is 0 Å². The summed E-state index contributed by atoms with van der Waals surface area (Å²) in [5.74, 6) is 2.63. The Morgan fingerprint density at radius 3 is 1.47 bits per heavy atom. The normalized spacial score (nSPS) is 10.5. The van der Waals surface area contributed by atoms with Crippen molar-refractivity contribution >= 4 is 46.5 Å². The van der Waals surface area contributed by atoms with Crippen molar-refractivity contribution in [2.75, 3.05) is 23.0 Å². The van der Waals surface area contributed by atoms with Gasteiger partial charge in [0.2, 0.25) is 0 Å². The van der Waals surface area contributed by atoms with Crippen LogP contribution in [-0.4, -0.2) is 44.4 Å². The minimum Gasteiger partial charge on any atom is -0.294 e. The molecule has 10 heteroatoms. The lowest BCUT2D eigenvalue weighted by atomic mass is 10.1. The standard InChI is InChI=1S/C20H20N2O6S2/c23-19(15-3-1-5-17(13-15)21(25)26)7-9-29-11-12-30-10-8-20(24)16-4-2-6-18(14-16)22(27)28/h1-6,13-14H,7-12H2. The number of rotatable bonds is 13. The Kier molecular flexibility index (Phi) is 9.49. The summed E-state index contributed by atoms with van der Waals surface area (Å²) in [6.07, 6.45) is 0.615. The van der Waals surface area contributed by atoms with Gasteiger partial charge in [0.1, 0.15) is 0 Å². The van der Waals surface area contributed by atoms with Gasteiger partial charge in [-0.2, -0.15) is 23.5 Å². The van der Waals surface area contributed by atoms with Crippen molar-refractivity contribution in [3.8, 4) is 0 Å². The SMILES string of the molecule is O=C(CCSCCSCCC(=O)c1cccc([N+](=O)[O-])c1)c1cccc([N+](=O)[O-])c1. The highest BCUT2D eigenvalue weighted by molar-refractivity contribution is 8.02. The van der Waals surface area contributed by atoms with E-state index in [2.05, 4.69) is 0 Å². The number of nitrogens with zero attached hydrogens (tertiary/aromatic N) is 2. The third-order valence-corrected chi connectivity index (χ3v) is 6.31. The molecule has 8 nitrogen and oxygen atoms in total. The molecule has 0 aliphatic rings. The number of non-ortho nitro benzene ring substituents is 2. The maximum atomic E-state index is 12.1. The number of carbonyl (C=O) groups is 2. The smallest absolute Gasteiger partial charge is 0.270 e. The Morgan fingerprint density at radius 1 is 0.700 bits per heavy atom. The van der Waals surface area contributed by atoms with E-state index in [9.17, 15) is 29.8 Å². The van der Waals surface area contributed by atoms with Crippen molar-refractivity contribution in [2.24, 2.45) is 0 Å². The number of nitro groups is 2. The molecule has 0 N–H and O–H groups in total. The van der Waals surface area contributed by atoms with Crippen molar-refractivity contribution in [3.63, 3.8) is 0 Å². The molecule has 0 heterocycles. The van der Waals surface area contributed by atoms with Gasteiger partial charge in [-0.15, -0.1) is 0 Å². The molecule has 2 aromatic rings. The molecule has 0 fully saturated rings. The third kappa shape index (κ3) is 7.60. The average molecular weight is 449 g/mol. The summed E-state index contributed by atoms with van der Waals surface area (Å²) in [7, 11) is 0. The summed E-state index contributed by atoms with van der Waals surface area (Å²) in [6.45, 7) is 0. The molecule has 2 aromatic carbocycles. The van der Waals surface area contributed by atoms with Crippen molar-refractivity contribution in [2.45, 2.75) is 12.8 Å². The van der Waals surface area contributed by atoms with Gasteiger partial charge < -0.3 is 0 Å². The second-order valence-corrected chi connectivity index (χ2v) is 8.64. The van der Waals surface area contributed by atoms with Crippen LogP contribution < -0.4 is 0 Å². The first-order chi connectivity index (χ1) is 14.4. The second-order valence-electron chi connectivity index (χ2n) is 6.19. The minimum atomic E-state index is -0.521. The lowest BCUT2D eigenvalue weighted by molar-refractivity contribution is -0.385. The zero-order valence-electron chi connectivity index (χ0n) is 16.0. The Bertz CT molecular complexity index is 860. The molecule has 30 heavy (non-hydrogen) atoms. The van der Waals surface area contributed by atoms with Crippen LogP contribution >= 0.6 is 23.5 Å². The van der Waals surface area contributed by atoms with Gasteiger partial charge in [0.15, 0.2) is 11.6 Å². The molecule has 0 spiro atoms.